The van der Waals surface area contributed by atoms with Crippen LogP contribution in [0.5, 0.6) is 0 Å². The molecule has 1 unspecified atom stereocenters. The lowest BCUT2D eigenvalue weighted by atomic mass is 9.99. The smallest absolute Gasteiger partial charge is 0.208 e. The van der Waals surface area contributed by atoms with Crippen molar-refractivity contribution in [1.29, 1.82) is 0 Å². The molecule has 1 atom stereocenters. The van der Waals surface area contributed by atoms with Crippen LogP contribution in [0.15, 0.2) is 28.7 Å². The number of aromatic nitrogens is 1. The summed E-state index contributed by atoms with van der Waals surface area (Å²) in [6.07, 6.45) is 4.95. The number of nitrogens with zero attached hydrogens (tertiary/aromatic N) is 1. The Balaban J connectivity index is 1.73. The normalized spacial score (nSPS) is 18.6. The summed E-state index contributed by atoms with van der Waals surface area (Å²) in [7, 11) is 0. The SMILES string of the molecule is Cc1nc(CNC2CCCCc3ccccc32)oc1C. The van der Waals surface area contributed by atoms with Gasteiger partial charge in [0.15, 0.2) is 0 Å². The average Bonchev–Trinajstić information content (AvgIpc) is 2.67. The van der Waals surface area contributed by atoms with Crippen LogP contribution in [0.4, 0.5) is 0 Å². The fourth-order valence-electron chi connectivity index (χ4n) is 2.96. The number of aryl methyl sites for hydroxylation is 3. The summed E-state index contributed by atoms with van der Waals surface area (Å²) in [5.74, 6) is 1.71. The van der Waals surface area contributed by atoms with Crippen LogP contribution in [-0.2, 0) is 13.0 Å². The standard InChI is InChI=1S/C17H22N2O/c1-12-13(2)20-17(19-12)11-18-16-10-6-4-8-14-7-3-5-9-15(14)16/h3,5,7,9,16,18H,4,6,8,10-11H2,1-2H3. The number of rotatable bonds is 3. The van der Waals surface area contributed by atoms with Gasteiger partial charge in [-0.3, -0.25) is 0 Å². The minimum atomic E-state index is 0.418. The highest BCUT2D eigenvalue weighted by molar-refractivity contribution is 5.31. The van der Waals surface area contributed by atoms with Gasteiger partial charge in [-0.2, -0.15) is 0 Å². The van der Waals surface area contributed by atoms with Crippen molar-refractivity contribution in [3.05, 3.63) is 52.7 Å². The van der Waals surface area contributed by atoms with Gasteiger partial charge in [0.2, 0.25) is 5.89 Å². The van der Waals surface area contributed by atoms with E-state index >= 15 is 0 Å². The van der Waals surface area contributed by atoms with E-state index in [2.05, 4.69) is 34.6 Å². The number of hydrogen-bond donors (Lipinski definition) is 1. The van der Waals surface area contributed by atoms with Crippen LogP contribution >= 0.6 is 0 Å². The zero-order valence-corrected chi connectivity index (χ0v) is 12.3. The van der Waals surface area contributed by atoms with Gasteiger partial charge in [0.1, 0.15) is 5.76 Å². The molecule has 0 spiro atoms. The predicted molar refractivity (Wildman–Crippen MR) is 79.6 cm³/mol. The molecular formula is C17H22N2O. The lowest BCUT2D eigenvalue weighted by molar-refractivity contribution is 0.412. The number of benzene rings is 1. The first-order valence-corrected chi connectivity index (χ1v) is 7.48. The molecule has 3 nitrogen and oxygen atoms in total. The van der Waals surface area contributed by atoms with E-state index in [-0.39, 0.29) is 0 Å². The number of fused-ring (bicyclic) bond motifs is 1. The highest BCUT2D eigenvalue weighted by Gasteiger charge is 2.18. The van der Waals surface area contributed by atoms with Gasteiger partial charge in [0, 0.05) is 6.04 Å². The molecule has 0 aliphatic heterocycles. The lowest BCUT2D eigenvalue weighted by Crippen LogP contribution is -2.21. The summed E-state index contributed by atoms with van der Waals surface area (Å²) in [6, 6.07) is 9.21. The maximum absolute atomic E-state index is 5.65. The van der Waals surface area contributed by atoms with Gasteiger partial charge in [0.25, 0.3) is 0 Å². The van der Waals surface area contributed by atoms with Gasteiger partial charge >= 0.3 is 0 Å². The maximum atomic E-state index is 5.65. The third kappa shape index (κ3) is 2.78. The van der Waals surface area contributed by atoms with Crippen LogP contribution in [0.1, 0.15) is 53.8 Å². The van der Waals surface area contributed by atoms with E-state index in [0.717, 1.165) is 17.3 Å². The minimum Gasteiger partial charge on any atom is -0.444 e. The van der Waals surface area contributed by atoms with E-state index in [9.17, 15) is 0 Å². The second-order valence-electron chi connectivity index (χ2n) is 5.63. The van der Waals surface area contributed by atoms with Crippen molar-refractivity contribution in [1.82, 2.24) is 10.3 Å². The van der Waals surface area contributed by atoms with Gasteiger partial charge in [-0.25, -0.2) is 4.98 Å². The third-order valence-corrected chi connectivity index (χ3v) is 4.19. The first-order chi connectivity index (χ1) is 9.74. The van der Waals surface area contributed by atoms with E-state index in [1.807, 2.05) is 13.8 Å². The van der Waals surface area contributed by atoms with E-state index < -0.39 is 0 Å². The van der Waals surface area contributed by atoms with Crippen LogP contribution in [0.25, 0.3) is 0 Å². The topological polar surface area (TPSA) is 38.1 Å². The quantitative estimate of drug-likeness (QED) is 0.861. The Bertz CT molecular complexity index is 569. The predicted octanol–water partition coefficient (Wildman–Crippen LogP) is 3.85. The van der Waals surface area contributed by atoms with Gasteiger partial charge < -0.3 is 9.73 Å². The molecule has 0 saturated heterocycles. The minimum absolute atomic E-state index is 0.418. The molecule has 0 fully saturated rings. The molecule has 106 valence electrons. The molecule has 3 heteroatoms. The number of nitrogens with one attached hydrogen (secondary N) is 1. The molecule has 1 aliphatic carbocycles. The van der Waals surface area contributed by atoms with Gasteiger partial charge in [-0.1, -0.05) is 30.7 Å². The van der Waals surface area contributed by atoms with E-state index in [1.165, 1.54) is 36.8 Å². The molecule has 3 rings (SSSR count). The molecule has 1 aromatic carbocycles. The Kier molecular flexibility index (Phi) is 3.88. The Morgan fingerprint density at radius 3 is 2.90 bits per heavy atom. The molecular weight excluding hydrogens is 248 g/mol. The summed E-state index contributed by atoms with van der Waals surface area (Å²) < 4.78 is 5.65. The highest BCUT2D eigenvalue weighted by Crippen LogP contribution is 2.28. The molecule has 20 heavy (non-hydrogen) atoms. The highest BCUT2D eigenvalue weighted by atomic mass is 16.4. The van der Waals surface area contributed by atoms with Crippen molar-refractivity contribution in [3.63, 3.8) is 0 Å². The molecule has 2 aromatic rings. The van der Waals surface area contributed by atoms with Gasteiger partial charge in [-0.05, 0) is 44.2 Å². The summed E-state index contributed by atoms with van der Waals surface area (Å²) in [5.41, 5.74) is 3.93. The Morgan fingerprint density at radius 1 is 1.25 bits per heavy atom. The molecule has 0 bridgehead atoms. The summed E-state index contributed by atoms with van der Waals surface area (Å²) >= 11 is 0. The fourth-order valence-corrected chi connectivity index (χ4v) is 2.96. The Hall–Kier alpha value is -1.61. The van der Waals surface area contributed by atoms with Crippen LogP contribution in [0.3, 0.4) is 0 Å². The second kappa shape index (κ2) is 5.80. The summed E-state index contributed by atoms with van der Waals surface area (Å²) in [4.78, 5) is 4.44. The van der Waals surface area contributed by atoms with E-state index in [0.29, 0.717) is 12.6 Å². The maximum Gasteiger partial charge on any atom is 0.208 e. The summed E-state index contributed by atoms with van der Waals surface area (Å²) in [6.45, 7) is 4.66. The van der Waals surface area contributed by atoms with Crippen LogP contribution < -0.4 is 5.32 Å². The van der Waals surface area contributed by atoms with Crippen molar-refractivity contribution in [2.24, 2.45) is 0 Å². The molecule has 1 N–H and O–H groups in total. The Morgan fingerprint density at radius 2 is 2.10 bits per heavy atom. The van der Waals surface area contributed by atoms with Gasteiger partial charge in [-0.15, -0.1) is 0 Å². The molecule has 0 radical (unpaired) electrons. The zero-order chi connectivity index (χ0) is 13.9. The van der Waals surface area contributed by atoms with Crippen molar-refractivity contribution in [2.75, 3.05) is 0 Å². The van der Waals surface area contributed by atoms with Crippen LogP contribution in [0.2, 0.25) is 0 Å². The van der Waals surface area contributed by atoms with Crippen LogP contribution in [-0.4, -0.2) is 4.98 Å². The number of hydrogen-bond acceptors (Lipinski definition) is 3. The van der Waals surface area contributed by atoms with Crippen molar-refractivity contribution < 1.29 is 4.42 Å². The van der Waals surface area contributed by atoms with Crippen LogP contribution in [0, 0.1) is 13.8 Å². The van der Waals surface area contributed by atoms with Crippen molar-refractivity contribution >= 4 is 0 Å². The molecule has 0 saturated carbocycles. The zero-order valence-electron chi connectivity index (χ0n) is 12.3. The van der Waals surface area contributed by atoms with Crippen molar-refractivity contribution in [3.8, 4) is 0 Å². The number of oxazole rings is 1. The Labute approximate surface area is 120 Å². The largest absolute Gasteiger partial charge is 0.444 e. The average molecular weight is 270 g/mol. The molecule has 1 heterocycles. The van der Waals surface area contributed by atoms with Crippen molar-refractivity contribution in [2.45, 2.75) is 52.1 Å². The lowest BCUT2D eigenvalue weighted by Gasteiger charge is -2.18. The van der Waals surface area contributed by atoms with E-state index in [4.69, 9.17) is 4.42 Å². The first kappa shape index (κ1) is 13.4. The third-order valence-electron chi connectivity index (χ3n) is 4.19. The molecule has 1 aliphatic rings. The monoisotopic (exact) mass is 270 g/mol. The summed E-state index contributed by atoms with van der Waals surface area (Å²) in [5, 5.41) is 3.62. The van der Waals surface area contributed by atoms with E-state index in [1.54, 1.807) is 0 Å². The first-order valence-electron chi connectivity index (χ1n) is 7.48. The molecule has 1 aromatic heterocycles. The second-order valence-corrected chi connectivity index (χ2v) is 5.63. The molecule has 0 amide bonds. The van der Waals surface area contributed by atoms with Gasteiger partial charge in [0.05, 0.1) is 12.2 Å². The fraction of sp³-hybridized carbons (Fsp3) is 0.471.